The van der Waals surface area contributed by atoms with Gasteiger partial charge in [-0.3, -0.25) is 0 Å². The number of hydrogen-bond acceptors (Lipinski definition) is 3. The minimum atomic E-state index is -2.49. The molecule has 2 bridgehead atoms. The van der Waals surface area contributed by atoms with E-state index in [1.165, 1.54) is 57.8 Å². The minimum Gasteiger partial charge on any atom is -0.377 e. The fraction of sp³-hybridized carbons (Fsp3) is 1.00. The summed E-state index contributed by atoms with van der Waals surface area (Å²) in [6, 6.07) is 0. The van der Waals surface area contributed by atoms with Crippen LogP contribution in [0.3, 0.4) is 0 Å². The minimum absolute atomic E-state index is 0.214. The van der Waals surface area contributed by atoms with Gasteiger partial charge in [-0.2, -0.15) is 0 Å². The second kappa shape index (κ2) is 6.90. The molecule has 3 unspecified atom stereocenters. The van der Waals surface area contributed by atoms with Crippen LogP contribution in [0.4, 0.5) is 0 Å². The largest absolute Gasteiger partial charge is 0.506 e. The highest BCUT2D eigenvalue weighted by molar-refractivity contribution is 6.64. The van der Waals surface area contributed by atoms with Crippen LogP contribution in [0.25, 0.3) is 0 Å². The lowest BCUT2D eigenvalue weighted by Crippen LogP contribution is -2.53. The molecule has 0 radical (unpaired) electrons. The fourth-order valence-corrected chi connectivity index (χ4v) is 8.17. The van der Waals surface area contributed by atoms with Crippen molar-refractivity contribution >= 4 is 8.80 Å². The molecule has 0 aromatic rings. The van der Waals surface area contributed by atoms with Gasteiger partial charge in [0.25, 0.3) is 0 Å². The molecule has 0 N–H and O–H groups in total. The summed E-state index contributed by atoms with van der Waals surface area (Å²) >= 11 is 0. The first-order valence-corrected chi connectivity index (χ1v) is 10.0. The van der Waals surface area contributed by atoms with Crippen molar-refractivity contribution in [1.29, 1.82) is 0 Å². The molecule has 3 nitrogen and oxygen atoms in total. The molecule has 4 heteroatoms. The van der Waals surface area contributed by atoms with E-state index in [9.17, 15) is 0 Å². The molecule has 2 aliphatic rings. The zero-order chi connectivity index (χ0) is 14.6. The highest BCUT2D eigenvalue weighted by Gasteiger charge is 2.66. The van der Waals surface area contributed by atoms with Gasteiger partial charge in [-0.15, -0.1) is 0 Å². The van der Waals surface area contributed by atoms with Crippen LogP contribution in [0.2, 0.25) is 5.04 Å². The SMILES string of the molecule is CCCCCCC1CC2([Si](OC)(OC)OC)CCC1C2. The van der Waals surface area contributed by atoms with Gasteiger partial charge in [0.15, 0.2) is 0 Å². The van der Waals surface area contributed by atoms with Crippen LogP contribution < -0.4 is 0 Å². The lowest BCUT2D eigenvalue weighted by molar-refractivity contribution is 0.0862. The van der Waals surface area contributed by atoms with Crippen molar-refractivity contribution in [2.45, 2.75) is 69.7 Å². The third-order valence-electron chi connectivity index (χ3n) is 5.85. The Balaban J connectivity index is 1.98. The molecule has 118 valence electrons. The third-order valence-corrected chi connectivity index (χ3v) is 9.42. The van der Waals surface area contributed by atoms with Gasteiger partial charge in [0.1, 0.15) is 0 Å². The highest BCUT2D eigenvalue weighted by atomic mass is 28.4. The molecule has 2 fully saturated rings. The smallest absolute Gasteiger partial charge is 0.377 e. The zero-order valence-corrected chi connectivity index (χ0v) is 14.7. The Labute approximate surface area is 125 Å². The molecule has 20 heavy (non-hydrogen) atoms. The van der Waals surface area contributed by atoms with Crippen molar-refractivity contribution in [2.75, 3.05) is 21.3 Å². The lowest BCUT2D eigenvalue weighted by Gasteiger charge is -2.40. The maximum atomic E-state index is 5.83. The van der Waals surface area contributed by atoms with E-state index in [4.69, 9.17) is 13.3 Å². The highest BCUT2D eigenvalue weighted by Crippen LogP contribution is 2.67. The second-order valence-electron chi connectivity index (χ2n) is 6.77. The van der Waals surface area contributed by atoms with Crippen LogP contribution in [0.5, 0.6) is 0 Å². The van der Waals surface area contributed by atoms with Gasteiger partial charge < -0.3 is 13.3 Å². The predicted molar refractivity (Wildman–Crippen MR) is 83.7 cm³/mol. The molecular formula is C16H32O3Si. The Morgan fingerprint density at radius 1 is 1.00 bits per heavy atom. The van der Waals surface area contributed by atoms with Crippen molar-refractivity contribution in [3.05, 3.63) is 0 Å². The van der Waals surface area contributed by atoms with Crippen LogP contribution in [0, 0.1) is 11.8 Å². The second-order valence-corrected chi connectivity index (χ2v) is 10.2. The van der Waals surface area contributed by atoms with Crippen LogP contribution in [-0.2, 0) is 13.3 Å². The van der Waals surface area contributed by atoms with E-state index in [0.29, 0.717) is 0 Å². The van der Waals surface area contributed by atoms with E-state index < -0.39 is 8.80 Å². The van der Waals surface area contributed by atoms with Gasteiger partial charge in [0, 0.05) is 26.4 Å². The molecule has 2 rings (SSSR count). The van der Waals surface area contributed by atoms with Crippen molar-refractivity contribution in [1.82, 2.24) is 0 Å². The zero-order valence-electron chi connectivity index (χ0n) is 13.7. The van der Waals surface area contributed by atoms with E-state index in [2.05, 4.69) is 6.92 Å². The van der Waals surface area contributed by atoms with Gasteiger partial charge in [0.05, 0.1) is 0 Å². The third kappa shape index (κ3) is 2.72. The molecule has 0 spiro atoms. The van der Waals surface area contributed by atoms with Crippen LogP contribution >= 0.6 is 0 Å². The Morgan fingerprint density at radius 3 is 2.30 bits per heavy atom. The Kier molecular flexibility index (Phi) is 5.68. The van der Waals surface area contributed by atoms with E-state index >= 15 is 0 Å². The summed E-state index contributed by atoms with van der Waals surface area (Å²) in [5.74, 6) is 1.77. The molecule has 0 aromatic heterocycles. The summed E-state index contributed by atoms with van der Waals surface area (Å²) < 4.78 is 17.5. The van der Waals surface area contributed by atoms with Crippen molar-refractivity contribution in [3.8, 4) is 0 Å². The number of unbranched alkanes of at least 4 members (excludes halogenated alkanes) is 3. The topological polar surface area (TPSA) is 27.7 Å². The quantitative estimate of drug-likeness (QED) is 0.467. The van der Waals surface area contributed by atoms with E-state index in [-0.39, 0.29) is 5.04 Å². The lowest BCUT2D eigenvalue weighted by atomic mass is 9.85. The summed E-state index contributed by atoms with van der Waals surface area (Å²) in [6.07, 6.45) is 12.0. The van der Waals surface area contributed by atoms with E-state index in [1.807, 2.05) is 0 Å². The van der Waals surface area contributed by atoms with Crippen molar-refractivity contribution in [3.63, 3.8) is 0 Å². The molecule has 0 saturated heterocycles. The van der Waals surface area contributed by atoms with Crippen LogP contribution in [-0.4, -0.2) is 30.1 Å². The Morgan fingerprint density at radius 2 is 1.70 bits per heavy atom. The van der Waals surface area contributed by atoms with Crippen molar-refractivity contribution in [2.24, 2.45) is 11.8 Å². The van der Waals surface area contributed by atoms with E-state index in [0.717, 1.165) is 11.8 Å². The molecule has 0 heterocycles. The van der Waals surface area contributed by atoms with E-state index in [1.54, 1.807) is 21.3 Å². The van der Waals surface area contributed by atoms with Gasteiger partial charge in [-0.05, 0) is 37.5 Å². The summed E-state index contributed by atoms with van der Waals surface area (Å²) in [5, 5.41) is 0.214. The standard InChI is InChI=1S/C16H32O3Si/c1-5-6-7-8-9-14-12-16(11-10-15(14)13-16)20(17-2,18-3)19-4/h14-15H,5-13H2,1-4H3. The Hall–Kier alpha value is 0.0969. The van der Waals surface area contributed by atoms with Gasteiger partial charge >= 0.3 is 8.80 Å². The maximum Gasteiger partial charge on any atom is 0.506 e. The molecule has 0 amide bonds. The molecule has 3 atom stereocenters. The van der Waals surface area contributed by atoms with Crippen LogP contribution in [0.15, 0.2) is 0 Å². The number of fused-ring (bicyclic) bond motifs is 2. The average Bonchev–Trinajstić information content (AvgIpc) is 3.05. The predicted octanol–water partition coefficient (Wildman–Crippen LogP) is 4.40. The van der Waals surface area contributed by atoms with Gasteiger partial charge in [-0.25, -0.2) is 0 Å². The molecule has 0 aliphatic heterocycles. The van der Waals surface area contributed by atoms with Gasteiger partial charge in [0.2, 0.25) is 0 Å². The summed E-state index contributed by atoms with van der Waals surface area (Å²) in [6.45, 7) is 2.28. The number of hydrogen-bond donors (Lipinski definition) is 0. The summed E-state index contributed by atoms with van der Waals surface area (Å²) in [7, 11) is 2.83. The first kappa shape index (κ1) is 16.5. The summed E-state index contributed by atoms with van der Waals surface area (Å²) in [5.41, 5.74) is 0. The molecule has 2 aliphatic carbocycles. The molecule has 0 aromatic carbocycles. The first-order valence-electron chi connectivity index (χ1n) is 8.32. The fourth-order valence-electron chi connectivity index (χ4n) is 4.90. The van der Waals surface area contributed by atoms with Crippen LogP contribution in [0.1, 0.15) is 64.7 Å². The maximum absolute atomic E-state index is 5.83. The monoisotopic (exact) mass is 300 g/mol. The van der Waals surface area contributed by atoms with Gasteiger partial charge in [-0.1, -0.05) is 39.0 Å². The molecular weight excluding hydrogens is 268 g/mol. The number of rotatable bonds is 9. The normalized spacial score (nSPS) is 33.0. The Bertz CT molecular complexity index is 298. The average molecular weight is 301 g/mol. The molecule has 2 saturated carbocycles. The first-order chi connectivity index (χ1) is 9.67. The van der Waals surface area contributed by atoms with Crippen molar-refractivity contribution < 1.29 is 13.3 Å². The summed E-state index contributed by atoms with van der Waals surface area (Å²) in [4.78, 5) is 0.